The summed E-state index contributed by atoms with van der Waals surface area (Å²) in [6, 6.07) is 25.6. The molecule has 0 bridgehead atoms. The summed E-state index contributed by atoms with van der Waals surface area (Å²) < 4.78 is 1.79. The van der Waals surface area contributed by atoms with Gasteiger partial charge in [0.2, 0.25) is 5.88 Å². The number of anilines is 1. The molecule has 0 radical (unpaired) electrons. The summed E-state index contributed by atoms with van der Waals surface area (Å²) in [6.45, 7) is 5.36. The first kappa shape index (κ1) is 25.1. The first-order valence-electron chi connectivity index (χ1n) is 12.0. The van der Waals surface area contributed by atoms with Crippen LogP contribution in [0.4, 0.5) is 11.4 Å². The molecule has 1 heterocycles. The van der Waals surface area contributed by atoms with Gasteiger partial charge in [0.15, 0.2) is 10.6 Å². The van der Waals surface area contributed by atoms with Gasteiger partial charge in [0, 0.05) is 24.9 Å². The van der Waals surface area contributed by atoms with E-state index in [2.05, 4.69) is 22.4 Å². The molecule has 0 aliphatic carbocycles. The minimum absolute atomic E-state index is 0.0214. The van der Waals surface area contributed by atoms with Crippen LogP contribution in [0.5, 0.6) is 5.88 Å². The van der Waals surface area contributed by atoms with Crippen molar-refractivity contribution in [2.75, 3.05) is 18.4 Å². The maximum absolute atomic E-state index is 12.0. The molecule has 4 rings (SSSR count). The average Bonchev–Trinajstić information content (AvgIpc) is 3.18. The second-order valence-electron chi connectivity index (χ2n) is 8.35. The number of aromatic hydroxyl groups is 1. The van der Waals surface area contributed by atoms with E-state index in [0.717, 1.165) is 24.2 Å². The Labute approximate surface area is 215 Å². The molecule has 3 aromatic carbocycles. The van der Waals surface area contributed by atoms with Gasteiger partial charge in [-0.2, -0.15) is 0 Å². The van der Waals surface area contributed by atoms with Crippen molar-refractivity contribution in [3.05, 3.63) is 105 Å². The Bertz CT molecular complexity index is 1410. The third kappa shape index (κ3) is 6.37. The molecule has 1 aromatic heterocycles. The SMILES string of the molecule is CCNc1ccc(C(C)=O)cc1N=c1sc(C=NCCc2ccccc2)c(O)n1Cc1ccccc1. The van der Waals surface area contributed by atoms with Crippen LogP contribution in [-0.4, -0.2) is 34.8 Å². The third-order valence-corrected chi connectivity index (χ3v) is 6.66. The summed E-state index contributed by atoms with van der Waals surface area (Å²) in [7, 11) is 0. The predicted molar refractivity (Wildman–Crippen MR) is 148 cm³/mol. The standard InChI is InChI=1S/C29H30N4O2S/c1-3-31-25-15-14-24(21(2)34)18-26(25)32-29-33(20-23-12-8-5-9-13-23)28(35)27(36-29)19-30-17-16-22-10-6-4-7-11-22/h4-15,18-19,31,35H,3,16-17,20H2,1-2H3. The fraction of sp³-hybridized carbons (Fsp3) is 0.207. The van der Waals surface area contributed by atoms with Crippen molar-refractivity contribution in [3.63, 3.8) is 0 Å². The van der Waals surface area contributed by atoms with Crippen LogP contribution < -0.4 is 10.1 Å². The summed E-state index contributed by atoms with van der Waals surface area (Å²) in [5.41, 5.74) is 4.35. The largest absolute Gasteiger partial charge is 0.493 e. The number of benzene rings is 3. The van der Waals surface area contributed by atoms with Gasteiger partial charge < -0.3 is 10.4 Å². The molecule has 7 heteroatoms. The Kier molecular flexibility index (Phi) is 8.47. The van der Waals surface area contributed by atoms with Crippen LogP contribution in [0, 0.1) is 0 Å². The summed E-state index contributed by atoms with van der Waals surface area (Å²) in [5, 5.41) is 14.4. The first-order valence-corrected chi connectivity index (χ1v) is 12.8. The number of carbonyl (C=O) groups excluding carboxylic acids is 1. The quantitative estimate of drug-likeness (QED) is 0.213. The van der Waals surface area contributed by atoms with E-state index in [4.69, 9.17) is 4.99 Å². The lowest BCUT2D eigenvalue weighted by molar-refractivity contribution is 0.101. The molecule has 2 N–H and O–H groups in total. The Morgan fingerprint density at radius 1 is 1.03 bits per heavy atom. The number of hydrogen-bond acceptors (Lipinski definition) is 6. The van der Waals surface area contributed by atoms with Crippen molar-refractivity contribution in [2.24, 2.45) is 9.98 Å². The number of nitrogens with one attached hydrogen (secondary N) is 1. The van der Waals surface area contributed by atoms with Crippen LogP contribution in [0.3, 0.4) is 0 Å². The van der Waals surface area contributed by atoms with Gasteiger partial charge in [0.05, 0.1) is 17.9 Å². The van der Waals surface area contributed by atoms with Crippen LogP contribution in [0.2, 0.25) is 0 Å². The number of aromatic nitrogens is 1. The van der Waals surface area contributed by atoms with Gasteiger partial charge in [-0.1, -0.05) is 72.0 Å². The number of carbonyl (C=O) groups is 1. The molecule has 184 valence electrons. The fourth-order valence-corrected chi connectivity index (χ4v) is 4.70. The molecule has 0 spiro atoms. The predicted octanol–water partition coefficient (Wildman–Crippen LogP) is 5.83. The van der Waals surface area contributed by atoms with E-state index < -0.39 is 0 Å². The summed E-state index contributed by atoms with van der Waals surface area (Å²) in [6.07, 6.45) is 2.55. The van der Waals surface area contributed by atoms with Crippen molar-refractivity contribution in [2.45, 2.75) is 26.8 Å². The number of ketones is 1. The van der Waals surface area contributed by atoms with Crippen LogP contribution in [0.25, 0.3) is 0 Å². The van der Waals surface area contributed by atoms with Gasteiger partial charge in [-0.25, -0.2) is 4.99 Å². The van der Waals surface area contributed by atoms with Gasteiger partial charge in [-0.15, -0.1) is 0 Å². The van der Waals surface area contributed by atoms with Crippen molar-refractivity contribution in [3.8, 4) is 5.88 Å². The highest BCUT2D eigenvalue weighted by molar-refractivity contribution is 7.11. The molecule has 4 aromatic rings. The zero-order chi connectivity index (χ0) is 25.3. The summed E-state index contributed by atoms with van der Waals surface area (Å²) in [5.74, 6) is 0.103. The van der Waals surface area contributed by atoms with Gasteiger partial charge in [0.1, 0.15) is 4.88 Å². The zero-order valence-electron chi connectivity index (χ0n) is 20.5. The second-order valence-corrected chi connectivity index (χ2v) is 9.35. The van der Waals surface area contributed by atoms with Crippen LogP contribution in [-0.2, 0) is 13.0 Å². The molecule has 0 aliphatic rings. The maximum atomic E-state index is 12.0. The van der Waals surface area contributed by atoms with E-state index in [-0.39, 0.29) is 11.7 Å². The van der Waals surface area contributed by atoms with Gasteiger partial charge in [-0.3, -0.25) is 14.4 Å². The highest BCUT2D eigenvalue weighted by Crippen LogP contribution is 2.27. The van der Waals surface area contributed by atoms with Crippen molar-refractivity contribution < 1.29 is 9.90 Å². The number of thiazole rings is 1. The monoisotopic (exact) mass is 498 g/mol. The summed E-state index contributed by atoms with van der Waals surface area (Å²) >= 11 is 1.37. The lowest BCUT2D eigenvalue weighted by Crippen LogP contribution is -2.15. The molecule has 36 heavy (non-hydrogen) atoms. The average molecular weight is 499 g/mol. The molecule has 0 unspecified atom stereocenters. The number of Topliss-reactive ketones (excluding diaryl/α,β-unsaturated/α-hetero) is 1. The van der Waals surface area contributed by atoms with E-state index in [1.54, 1.807) is 29.8 Å². The van der Waals surface area contributed by atoms with E-state index in [1.807, 2.05) is 61.5 Å². The van der Waals surface area contributed by atoms with Crippen molar-refractivity contribution in [1.82, 2.24) is 4.57 Å². The number of hydrogen-bond donors (Lipinski definition) is 2. The van der Waals surface area contributed by atoms with Gasteiger partial charge >= 0.3 is 0 Å². The van der Waals surface area contributed by atoms with Crippen molar-refractivity contribution >= 4 is 34.7 Å². The number of aliphatic imine (C=N–C) groups is 1. The van der Waals surface area contributed by atoms with E-state index in [0.29, 0.717) is 34.0 Å². The summed E-state index contributed by atoms with van der Waals surface area (Å²) in [4.78, 5) is 22.7. The van der Waals surface area contributed by atoms with E-state index >= 15 is 0 Å². The minimum atomic E-state index is -0.0214. The Hall–Kier alpha value is -3.97. The molecule has 0 saturated heterocycles. The maximum Gasteiger partial charge on any atom is 0.213 e. The molecule has 0 saturated carbocycles. The molecule has 0 fully saturated rings. The number of nitrogens with zero attached hydrogens (tertiary/aromatic N) is 3. The molecule has 0 aliphatic heterocycles. The van der Waals surface area contributed by atoms with Gasteiger partial charge in [0.25, 0.3) is 0 Å². The van der Waals surface area contributed by atoms with Crippen LogP contribution in [0.1, 0.15) is 40.2 Å². The van der Waals surface area contributed by atoms with Gasteiger partial charge in [-0.05, 0) is 49.6 Å². The lowest BCUT2D eigenvalue weighted by Gasteiger charge is -2.09. The Morgan fingerprint density at radius 3 is 2.39 bits per heavy atom. The highest BCUT2D eigenvalue weighted by Gasteiger charge is 2.13. The zero-order valence-corrected chi connectivity index (χ0v) is 21.3. The Balaban J connectivity index is 1.73. The first-order chi connectivity index (χ1) is 17.5. The third-order valence-electron chi connectivity index (χ3n) is 5.66. The van der Waals surface area contributed by atoms with Crippen molar-refractivity contribution in [1.29, 1.82) is 0 Å². The number of rotatable bonds is 10. The topological polar surface area (TPSA) is 79.0 Å². The molecule has 0 amide bonds. The van der Waals surface area contributed by atoms with Crippen LogP contribution in [0.15, 0.2) is 88.8 Å². The normalized spacial score (nSPS) is 11.8. The lowest BCUT2D eigenvalue weighted by atomic mass is 10.1. The second kappa shape index (κ2) is 12.1. The minimum Gasteiger partial charge on any atom is -0.493 e. The highest BCUT2D eigenvalue weighted by atomic mass is 32.1. The van der Waals surface area contributed by atoms with E-state index in [9.17, 15) is 9.90 Å². The van der Waals surface area contributed by atoms with E-state index in [1.165, 1.54) is 16.9 Å². The smallest absolute Gasteiger partial charge is 0.213 e. The Morgan fingerprint density at radius 2 is 1.72 bits per heavy atom. The molecule has 0 atom stereocenters. The molecule has 6 nitrogen and oxygen atoms in total. The van der Waals surface area contributed by atoms with Crippen LogP contribution >= 0.6 is 11.3 Å². The fourth-order valence-electron chi connectivity index (χ4n) is 3.77. The molecular weight excluding hydrogens is 468 g/mol. The molecular formula is C29H30N4O2S.